The molecule has 7 heteroatoms. The smallest absolute Gasteiger partial charge is 0.234 e. The highest BCUT2D eigenvalue weighted by Crippen LogP contribution is 2.33. The minimum Gasteiger partial charge on any atom is -0.392 e. The Morgan fingerprint density at radius 3 is 3.00 bits per heavy atom. The lowest BCUT2D eigenvalue weighted by Crippen LogP contribution is -2.39. The second kappa shape index (κ2) is 8.33. The molecule has 0 spiro atoms. The number of nitrogens with zero attached hydrogens (tertiary/aromatic N) is 1. The molecule has 0 bridgehead atoms. The summed E-state index contributed by atoms with van der Waals surface area (Å²) in [7, 11) is 0. The van der Waals surface area contributed by atoms with Crippen LogP contribution in [0.4, 0.5) is 8.78 Å². The molecule has 23 heavy (non-hydrogen) atoms. The molecule has 2 rings (SSSR count). The van der Waals surface area contributed by atoms with Crippen LogP contribution in [0.15, 0.2) is 18.2 Å². The van der Waals surface area contributed by atoms with Crippen LogP contribution in [0.3, 0.4) is 0 Å². The molecule has 0 aromatic heterocycles. The fourth-order valence-corrected chi connectivity index (χ4v) is 2.79. The first kappa shape index (κ1) is 17.8. The van der Waals surface area contributed by atoms with Crippen LogP contribution in [0.5, 0.6) is 0 Å². The van der Waals surface area contributed by atoms with E-state index in [1.165, 1.54) is 0 Å². The molecule has 1 heterocycles. The maximum atomic E-state index is 14.0. The van der Waals surface area contributed by atoms with Crippen LogP contribution in [-0.2, 0) is 9.53 Å². The van der Waals surface area contributed by atoms with E-state index in [9.17, 15) is 18.7 Å². The maximum Gasteiger partial charge on any atom is 0.234 e. The number of carbonyl (C=O) groups excluding carboxylic acids is 1. The topological polar surface area (TPSA) is 61.8 Å². The lowest BCUT2D eigenvalue weighted by Gasteiger charge is -2.24. The van der Waals surface area contributed by atoms with Crippen LogP contribution >= 0.6 is 0 Å². The lowest BCUT2D eigenvalue weighted by molar-refractivity contribution is -0.122. The predicted octanol–water partition coefficient (Wildman–Crippen LogP) is 1.23. The van der Waals surface area contributed by atoms with Gasteiger partial charge in [-0.1, -0.05) is 0 Å². The standard InChI is InChI=1S/C16H22F2N2O3/c1-2-23-6-5-19-16(22)10-20-9-12(21)8-15(20)13-7-11(17)3-4-14(13)18/h3-4,7,12,15,21H,2,5-6,8-10H2,1H3,(H,19,22)/t12-,15-/m1/s1. The molecule has 5 nitrogen and oxygen atoms in total. The summed E-state index contributed by atoms with van der Waals surface area (Å²) in [5.74, 6) is -1.31. The minimum absolute atomic E-state index is 0.0177. The lowest BCUT2D eigenvalue weighted by atomic mass is 10.0. The van der Waals surface area contributed by atoms with Gasteiger partial charge < -0.3 is 15.2 Å². The summed E-state index contributed by atoms with van der Waals surface area (Å²) in [5.41, 5.74) is 0.170. The van der Waals surface area contributed by atoms with Crippen molar-refractivity contribution in [3.8, 4) is 0 Å². The fourth-order valence-electron chi connectivity index (χ4n) is 2.79. The number of rotatable bonds is 7. The number of nitrogens with one attached hydrogen (secondary N) is 1. The number of β-amino-alcohol motifs (C(OH)–C–C–N with tert-alkyl or cyclic N) is 1. The summed E-state index contributed by atoms with van der Waals surface area (Å²) in [6, 6.07) is 2.72. The summed E-state index contributed by atoms with van der Waals surface area (Å²) in [5, 5.41) is 12.5. The normalized spacial score (nSPS) is 21.6. The van der Waals surface area contributed by atoms with Crippen molar-refractivity contribution in [1.82, 2.24) is 10.2 Å². The Hall–Kier alpha value is -1.57. The molecule has 1 aliphatic heterocycles. The molecular formula is C16H22F2N2O3. The zero-order valence-corrected chi connectivity index (χ0v) is 13.1. The Balaban J connectivity index is 1.99. The average Bonchev–Trinajstić information content (AvgIpc) is 2.86. The quantitative estimate of drug-likeness (QED) is 0.739. The van der Waals surface area contributed by atoms with E-state index >= 15 is 0 Å². The van der Waals surface area contributed by atoms with E-state index < -0.39 is 23.8 Å². The number of halogens is 2. The van der Waals surface area contributed by atoms with E-state index in [-0.39, 0.29) is 31.0 Å². The molecule has 2 atom stereocenters. The highest BCUT2D eigenvalue weighted by molar-refractivity contribution is 5.78. The molecular weight excluding hydrogens is 306 g/mol. The second-order valence-electron chi connectivity index (χ2n) is 5.55. The Morgan fingerprint density at radius 1 is 1.48 bits per heavy atom. The Kier molecular flexibility index (Phi) is 6.44. The Bertz CT molecular complexity index is 542. The zero-order chi connectivity index (χ0) is 16.8. The van der Waals surface area contributed by atoms with Crippen molar-refractivity contribution in [2.24, 2.45) is 0 Å². The van der Waals surface area contributed by atoms with Gasteiger partial charge in [-0.05, 0) is 31.5 Å². The molecule has 1 aliphatic rings. The first-order chi connectivity index (χ1) is 11.0. The van der Waals surface area contributed by atoms with Gasteiger partial charge in [0, 0.05) is 31.3 Å². The van der Waals surface area contributed by atoms with Crippen molar-refractivity contribution in [2.75, 3.05) is 32.8 Å². The largest absolute Gasteiger partial charge is 0.392 e. The number of likely N-dealkylation sites (tertiary alicyclic amines) is 1. The van der Waals surface area contributed by atoms with Gasteiger partial charge in [-0.2, -0.15) is 0 Å². The van der Waals surface area contributed by atoms with E-state index in [0.29, 0.717) is 19.8 Å². The Morgan fingerprint density at radius 2 is 2.26 bits per heavy atom. The van der Waals surface area contributed by atoms with Gasteiger partial charge >= 0.3 is 0 Å². The van der Waals surface area contributed by atoms with E-state index in [1.54, 1.807) is 4.90 Å². The molecule has 1 amide bonds. The van der Waals surface area contributed by atoms with E-state index in [4.69, 9.17) is 4.74 Å². The first-order valence-corrected chi connectivity index (χ1v) is 7.72. The molecule has 1 fully saturated rings. The van der Waals surface area contributed by atoms with Crippen LogP contribution < -0.4 is 5.32 Å². The third-order valence-corrected chi connectivity index (χ3v) is 3.82. The summed E-state index contributed by atoms with van der Waals surface area (Å²) in [6.45, 7) is 3.53. The van der Waals surface area contributed by atoms with Crippen molar-refractivity contribution in [1.29, 1.82) is 0 Å². The maximum absolute atomic E-state index is 14.0. The van der Waals surface area contributed by atoms with E-state index in [1.807, 2.05) is 6.92 Å². The van der Waals surface area contributed by atoms with Gasteiger partial charge in [0.2, 0.25) is 5.91 Å². The summed E-state index contributed by atoms with van der Waals surface area (Å²) < 4.78 is 32.5. The van der Waals surface area contributed by atoms with Crippen LogP contribution in [-0.4, -0.2) is 54.9 Å². The van der Waals surface area contributed by atoms with E-state index in [0.717, 1.165) is 18.2 Å². The van der Waals surface area contributed by atoms with Crippen molar-refractivity contribution in [3.05, 3.63) is 35.4 Å². The SMILES string of the molecule is CCOCCNC(=O)CN1C[C@H](O)C[C@@H]1c1cc(F)ccc1F. The van der Waals surface area contributed by atoms with Crippen LogP contribution in [0.1, 0.15) is 24.9 Å². The van der Waals surface area contributed by atoms with Crippen LogP contribution in [0, 0.1) is 11.6 Å². The van der Waals surface area contributed by atoms with Gasteiger partial charge in [0.05, 0.1) is 19.3 Å². The summed E-state index contributed by atoms with van der Waals surface area (Å²) >= 11 is 0. The number of amides is 1. The van der Waals surface area contributed by atoms with E-state index in [2.05, 4.69) is 5.32 Å². The number of aliphatic hydroxyl groups excluding tert-OH is 1. The van der Waals surface area contributed by atoms with Gasteiger partial charge in [-0.15, -0.1) is 0 Å². The Labute approximate surface area is 134 Å². The highest BCUT2D eigenvalue weighted by atomic mass is 19.1. The van der Waals surface area contributed by atoms with Crippen LogP contribution in [0.25, 0.3) is 0 Å². The first-order valence-electron chi connectivity index (χ1n) is 7.72. The van der Waals surface area contributed by atoms with Crippen LogP contribution in [0.2, 0.25) is 0 Å². The molecule has 0 unspecified atom stereocenters. The second-order valence-corrected chi connectivity index (χ2v) is 5.55. The average molecular weight is 328 g/mol. The van der Waals surface area contributed by atoms with Gasteiger partial charge in [-0.3, -0.25) is 9.69 Å². The molecule has 1 saturated heterocycles. The minimum atomic E-state index is -0.668. The predicted molar refractivity (Wildman–Crippen MR) is 80.8 cm³/mol. The van der Waals surface area contributed by atoms with Crippen molar-refractivity contribution >= 4 is 5.91 Å². The molecule has 128 valence electrons. The number of hydrogen-bond acceptors (Lipinski definition) is 4. The van der Waals surface area contributed by atoms with Crippen molar-refractivity contribution in [3.63, 3.8) is 0 Å². The number of benzene rings is 1. The molecule has 1 aromatic rings. The van der Waals surface area contributed by atoms with Gasteiger partial charge in [0.25, 0.3) is 0 Å². The fraction of sp³-hybridized carbons (Fsp3) is 0.562. The summed E-state index contributed by atoms with van der Waals surface area (Å²) in [6.07, 6.45) is -0.397. The number of hydrogen-bond donors (Lipinski definition) is 2. The molecule has 1 aromatic carbocycles. The molecule has 0 aliphatic carbocycles. The monoisotopic (exact) mass is 328 g/mol. The summed E-state index contributed by atoms with van der Waals surface area (Å²) in [4.78, 5) is 13.6. The van der Waals surface area contributed by atoms with Gasteiger partial charge in [-0.25, -0.2) is 8.78 Å². The molecule has 2 N–H and O–H groups in total. The number of ether oxygens (including phenoxy) is 1. The number of aliphatic hydroxyl groups is 1. The van der Waals surface area contributed by atoms with Gasteiger partial charge in [0.15, 0.2) is 0 Å². The van der Waals surface area contributed by atoms with Crippen molar-refractivity contribution < 1.29 is 23.4 Å². The number of carbonyl (C=O) groups is 1. The third-order valence-electron chi connectivity index (χ3n) is 3.82. The molecule has 0 radical (unpaired) electrons. The zero-order valence-electron chi connectivity index (χ0n) is 13.1. The van der Waals surface area contributed by atoms with Gasteiger partial charge in [0.1, 0.15) is 11.6 Å². The third kappa shape index (κ3) is 4.95. The van der Waals surface area contributed by atoms with Crippen molar-refractivity contribution in [2.45, 2.75) is 25.5 Å². The highest BCUT2D eigenvalue weighted by Gasteiger charge is 2.34. The molecule has 0 saturated carbocycles.